The van der Waals surface area contributed by atoms with Gasteiger partial charge in [-0.2, -0.15) is 5.10 Å². The Morgan fingerprint density at radius 3 is 2.58 bits per heavy atom. The van der Waals surface area contributed by atoms with Gasteiger partial charge in [0.2, 0.25) is 5.43 Å². The molecule has 0 bridgehead atoms. The van der Waals surface area contributed by atoms with Crippen molar-refractivity contribution in [2.75, 3.05) is 12.4 Å². The number of thiophene rings is 1. The van der Waals surface area contributed by atoms with Crippen LogP contribution in [-0.4, -0.2) is 31.8 Å². The second kappa shape index (κ2) is 9.02. The highest BCUT2D eigenvalue weighted by Gasteiger charge is 2.20. The minimum absolute atomic E-state index is 0.0887. The maximum atomic E-state index is 12.9. The van der Waals surface area contributed by atoms with E-state index >= 15 is 0 Å². The smallest absolute Gasteiger partial charge is 0.333 e. The van der Waals surface area contributed by atoms with E-state index in [0.717, 1.165) is 11.3 Å². The predicted molar refractivity (Wildman–Crippen MR) is 128 cm³/mol. The number of urea groups is 1. The third-order valence-electron chi connectivity index (χ3n) is 4.50. The van der Waals surface area contributed by atoms with Crippen LogP contribution in [0, 0.1) is 0 Å². The molecule has 0 atom stereocenters. The van der Waals surface area contributed by atoms with E-state index in [-0.39, 0.29) is 30.4 Å². The van der Waals surface area contributed by atoms with Gasteiger partial charge >= 0.3 is 6.03 Å². The normalized spacial score (nSPS) is 11.4. The number of hydrogen-bond donors (Lipinski definition) is 3. The SMILES string of the molecule is COc1ccc2c(=O)c(-c3ccc(NC(=O)NS(=O)(=O)c4ccc(Cl)s4)cc3Cl)n[nH]c2c1. The average Bonchev–Trinajstić information content (AvgIpc) is 3.21. The second-order valence-corrected chi connectivity index (χ2v) is 10.7. The molecule has 0 saturated heterocycles. The highest BCUT2D eigenvalue weighted by Crippen LogP contribution is 2.29. The second-order valence-electron chi connectivity index (χ2n) is 6.63. The van der Waals surface area contributed by atoms with Crippen molar-refractivity contribution in [2.45, 2.75) is 4.21 Å². The van der Waals surface area contributed by atoms with Crippen LogP contribution < -0.4 is 20.2 Å². The molecule has 2 amide bonds. The largest absolute Gasteiger partial charge is 0.497 e. The number of rotatable bonds is 5. The first-order valence-corrected chi connectivity index (χ1v) is 12.2. The van der Waals surface area contributed by atoms with Crippen molar-refractivity contribution in [3.8, 4) is 17.0 Å². The third-order valence-corrected chi connectivity index (χ3v) is 7.86. The molecule has 4 aromatic rings. The van der Waals surface area contributed by atoms with Gasteiger partial charge in [0.25, 0.3) is 10.0 Å². The number of carbonyl (C=O) groups is 1. The summed E-state index contributed by atoms with van der Waals surface area (Å²) in [7, 11) is -2.56. The molecule has 9 nitrogen and oxygen atoms in total. The Labute approximate surface area is 201 Å². The summed E-state index contributed by atoms with van der Waals surface area (Å²) in [5, 5.41) is 9.85. The molecule has 0 saturated carbocycles. The molecule has 0 aliphatic carbocycles. The predicted octanol–water partition coefficient (Wildman–Crippen LogP) is 4.48. The lowest BCUT2D eigenvalue weighted by Gasteiger charge is -2.10. The van der Waals surface area contributed by atoms with Gasteiger partial charge in [0.1, 0.15) is 15.7 Å². The van der Waals surface area contributed by atoms with Gasteiger partial charge in [0.15, 0.2) is 0 Å². The van der Waals surface area contributed by atoms with Crippen molar-refractivity contribution in [1.82, 2.24) is 14.9 Å². The number of fused-ring (bicyclic) bond motifs is 1. The fraction of sp³-hybridized carbons (Fsp3) is 0.0500. The number of H-pyrrole nitrogens is 1. The quantitative estimate of drug-likeness (QED) is 0.352. The van der Waals surface area contributed by atoms with Gasteiger partial charge in [-0.15, -0.1) is 11.3 Å². The molecular formula is C20H14Cl2N4O5S2. The minimum Gasteiger partial charge on any atom is -0.497 e. The lowest BCUT2D eigenvalue weighted by molar-refractivity contribution is 0.256. The number of sulfonamides is 1. The molecule has 4 rings (SSSR count). The van der Waals surface area contributed by atoms with Crippen LogP contribution in [0.15, 0.2) is 57.5 Å². The highest BCUT2D eigenvalue weighted by molar-refractivity contribution is 7.92. The first-order chi connectivity index (χ1) is 15.7. The summed E-state index contributed by atoms with van der Waals surface area (Å²) < 4.78 is 31.7. The van der Waals surface area contributed by atoms with Crippen molar-refractivity contribution >= 4 is 67.2 Å². The molecule has 0 radical (unpaired) electrons. The number of aromatic amines is 1. The first kappa shape index (κ1) is 23.1. The molecule has 2 aromatic heterocycles. The van der Waals surface area contributed by atoms with E-state index in [1.165, 1.54) is 37.4 Å². The molecule has 0 fully saturated rings. The Bertz CT molecular complexity index is 1550. The van der Waals surface area contributed by atoms with Crippen molar-refractivity contribution < 1.29 is 17.9 Å². The Balaban J connectivity index is 1.57. The Kier molecular flexibility index (Phi) is 6.30. The summed E-state index contributed by atoms with van der Waals surface area (Å²) >= 11 is 12.9. The zero-order valence-corrected chi connectivity index (χ0v) is 19.8. The fourth-order valence-corrected chi connectivity index (χ4v) is 5.63. The zero-order chi connectivity index (χ0) is 23.8. The summed E-state index contributed by atoms with van der Waals surface area (Å²) in [5.74, 6) is 0.573. The molecule has 13 heteroatoms. The number of ether oxygens (including phenoxy) is 1. The molecule has 170 valence electrons. The minimum atomic E-state index is -4.08. The molecular weight excluding hydrogens is 511 g/mol. The number of benzene rings is 2. The standard InChI is InChI=1S/C20H14Cl2N4O5S2/c1-31-11-3-5-13-15(9-11)24-25-18(19(13)27)12-4-2-10(8-14(12)21)23-20(28)26-33(29,30)17-7-6-16(22)32-17/h2-9H,1H3,(H,24,27)(H2,23,26,28). The molecule has 33 heavy (non-hydrogen) atoms. The fourth-order valence-electron chi connectivity index (χ4n) is 2.97. The lowest BCUT2D eigenvalue weighted by atomic mass is 10.1. The molecule has 0 aliphatic heterocycles. The molecule has 0 unspecified atom stereocenters. The third kappa shape index (κ3) is 4.81. The van der Waals surface area contributed by atoms with E-state index < -0.39 is 16.1 Å². The number of amides is 2. The number of halogens is 2. The van der Waals surface area contributed by atoms with Crippen molar-refractivity contribution in [1.29, 1.82) is 0 Å². The summed E-state index contributed by atoms with van der Waals surface area (Å²) in [6.45, 7) is 0. The number of hydrogen-bond acceptors (Lipinski definition) is 7. The van der Waals surface area contributed by atoms with Crippen molar-refractivity contribution in [3.05, 3.63) is 68.1 Å². The number of nitrogens with zero attached hydrogens (tertiary/aromatic N) is 1. The van der Waals surface area contributed by atoms with Crippen molar-refractivity contribution in [3.63, 3.8) is 0 Å². The molecule has 0 spiro atoms. The highest BCUT2D eigenvalue weighted by atomic mass is 35.5. The Morgan fingerprint density at radius 1 is 1.12 bits per heavy atom. The van der Waals surface area contributed by atoms with E-state index in [4.69, 9.17) is 27.9 Å². The molecule has 2 aromatic carbocycles. The molecule has 2 heterocycles. The van der Waals surface area contributed by atoms with E-state index in [1.54, 1.807) is 18.2 Å². The maximum absolute atomic E-state index is 12.9. The van der Waals surface area contributed by atoms with Crippen LogP contribution in [0.4, 0.5) is 10.5 Å². The lowest BCUT2D eigenvalue weighted by Crippen LogP contribution is -2.33. The number of nitrogens with one attached hydrogen (secondary N) is 3. The number of methoxy groups -OCH3 is 1. The van der Waals surface area contributed by atoms with Crippen LogP contribution in [-0.2, 0) is 10.0 Å². The van der Waals surface area contributed by atoms with Gasteiger partial charge in [-0.05, 0) is 42.5 Å². The van der Waals surface area contributed by atoms with Gasteiger partial charge < -0.3 is 10.1 Å². The van der Waals surface area contributed by atoms with Gasteiger partial charge in [0, 0.05) is 22.7 Å². The Hall–Kier alpha value is -3.12. The van der Waals surface area contributed by atoms with E-state index in [2.05, 4.69) is 15.5 Å². The summed E-state index contributed by atoms with van der Waals surface area (Å²) in [6.07, 6.45) is 0. The zero-order valence-electron chi connectivity index (χ0n) is 16.7. The number of carbonyl (C=O) groups excluding carboxylic acids is 1. The summed E-state index contributed by atoms with van der Waals surface area (Å²) in [5.41, 5.74) is 0.797. The maximum Gasteiger partial charge on any atom is 0.333 e. The van der Waals surface area contributed by atoms with Crippen LogP contribution in [0.5, 0.6) is 5.75 Å². The van der Waals surface area contributed by atoms with Crippen LogP contribution in [0.1, 0.15) is 0 Å². The van der Waals surface area contributed by atoms with Crippen LogP contribution >= 0.6 is 34.5 Å². The Morgan fingerprint density at radius 2 is 1.91 bits per heavy atom. The summed E-state index contributed by atoms with van der Waals surface area (Å²) in [4.78, 5) is 25.1. The molecule has 3 N–H and O–H groups in total. The molecule has 0 aliphatic rings. The van der Waals surface area contributed by atoms with Gasteiger partial charge in [-0.3, -0.25) is 9.89 Å². The average molecular weight is 525 g/mol. The van der Waals surface area contributed by atoms with Crippen LogP contribution in [0.25, 0.3) is 22.2 Å². The monoisotopic (exact) mass is 524 g/mol. The number of anilines is 1. The van der Waals surface area contributed by atoms with E-state index in [1.807, 2.05) is 4.72 Å². The van der Waals surface area contributed by atoms with E-state index in [9.17, 15) is 18.0 Å². The summed E-state index contributed by atoms with van der Waals surface area (Å²) in [6, 6.07) is 11.0. The topological polar surface area (TPSA) is 130 Å². The van der Waals surface area contributed by atoms with Gasteiger partial charge in [-0.25, -0.2) is 17.9 Å². The van der Waals surface area contributed by atoms with Gasteiger partial charge in [0.05, 0.1) is 22.0 Å². The van der Waals surface area contributed by atoms with E-state index in [0.29, 0.717) is 22.2 Å². The van der Waals surface area contributed by atoms with Crippen LogP contribution in [0.3, 0.4) is 0 Å². The van der Waals surface area contributed by atoms with Gasteiger partial charge in [-0.1, -0.05) is 23.2 Å². The van der Waals surface area contributed by atoms with Crippen molar-refractivity contribution in [2.24, 2.45) is 0 Å². The number of aromatic nitrogens is 2. The first-order valence-electron chi connectivity index (χ1n) is 9.13. The van der Waals surface area contributed by atoms with Crippen LogP contribution in [0.2, 0.25) is 9.36 Å².